The molecule has 2 N–H and O–H groups in total. The van der Waals surface area contributed by atoms with Crippen LogP contribution in [0.3, 0.4) is 0 Å². The highest BCUT2D eigenvalue weighted by Gasteiger charge is 2.25. The van der Waals surface area contributed by atoms with E-state index < -0.39 is 15.4 Å². The van der Waals surface area contributed by atoms with Crippen molar-refractivity contribution in [1.29, 1.82) is 0 Å². The van der Waals surface area contributed by atoms with Crippen LogP contribution in [0.4, 0.5) is 0 Å². The minimum absolute atomic E-state index is 0.122. The van der Waals surface area contributed by atoms with Gasteiger partial charge in [-0.25, -0.2) is 0 Å². The molecule has 0 rings (SSSR count). The van der Waals surface area contributed by atoms with Crippen molar-refractivity contribution in [2.75, 3.05) is 13.0 Å². The van der Waals surface area contributed by atoms with E-state index >= 15 is 0 Å². The van der Waals surface area contributed by atoms with Gasteiger partial charge in [0.25, 0.3) is 0 Å². The standard InChI is InChI=1S/C5H12O5P2/c1-3-10-4-11(6)5(2)12(7,8)9/h3-4H2,1-2H3,(H2,7,8,9). The van der Waals surface area contributed by atoms with Crippen LogP contribution in [0.5, 0.6) is 0 Å². The smallest absolute Gasteiger partial charge is 0.393 e. The molecule has 7 heteroatoms. The van der Waals surface area contributed by atoms with E-state index in [0.29, 0.717) is 6.61 Å². The molecule has 0 fully saturated rings. The van der Waals surface area contributed by atoms with Crippen LogP contribution in [-0.4, -0.2) is 27.8 Å². The second kappa shape index (κ2) is 5.07. The van der Waals surface area contributed by atoms with Gasteiger partial charge in [-0.3, -0.25) is 4.57 Å². The molecule has 0 bridgehead atoms. The molecular formula is C5H12O5P2. The first kappa shape index (κ1) is 12.2. The molecule has 12 heavy (non-hydrogen) atoms. The molecule has 0 heterocycles. The zero-order valence-electron chi connectivity index (χ0n) is 6.93. The maximum atomic E-state index is 11.0. The van der Waals surface area contributed by atoms with Crippen LogP contribution in [0, 0.1) is 0 Å². The van der Waals surface area contributed by atoms with Crippen molar-refractivity contribution in [1.82, 2.24) is 0 Å². The molecular weight excluding hydrogens is 202 g/mol. The summed E-state index contributed by atoms with van der Waals surface area (Å²) in [5, 5.41) is -0.300. The predicted molar refractivity (Wildman–Crippen MR) is 46.1 cm³/mol. The van der Waals surface area contributed by atoms with Gasteiger partial charge in [0, 0.05) is 13.5 Å². The first-order valence-electron chi connectivity index (χ1n) is 3.31. The molecule has 1 unspecified atom stereocenters. The molecule has 5 nitrogen and oxygen atoms in total. The van der Waals surface area contributed by atoms with Crippen molar-refractivity contribution < 1.29 is 24.0 Å². The lowest BCUT2D eigenvalue weighted by Crippen LogP contribution is -2.04. The van der Waals surface area contributed by atoms with Crippen LogP contribution in [0.1, 0.15) is 13.8 Å². The van der Waals surface area contributed by atoms with Crippen LogP contribution in [0.2, 0.25) is 0 Å². The highest BCUT2D eigenvalue weighted by atomic mass is 31.2. The quantitative estimate of drug-likeness (QED) is 0.646. The van der Waals surface area contributed by atoms with Crippen LogP contribution in [0.25, 0.3) is 0 Å². The Morgan fingerprint density at radius 2 is 2.17 bits per heavy atom. The van der Waals surface area contributed by atoms with Crippen LogP contribution < -0.4 is 4.89 Å². The average Bonchev–Trinajstić information content (AvgIpc) is 1.97. The third-order valence-corrected chi connectivity index (χ3v) is 4.63. The van der Waals surface area contributed by atoms with E-state index in [1.807, 2.05) is 0 Å². The summed E-state index contributed by atoms with van der Waals surface area (Å²) < 4.78 is 15.3. The first-order valence-corrected chi connectivity index (χ1v) is 6.37. The van der Waals surface area contributed by atoms with E-state index in [-0.39, 0.29) is 11.4 Å². The summed E-state index contributed by atoms with van der Waals surface area (Å²) in [6.45, 7) is 3.28. The van der Waals surface area contributed by atoms with Gasteiger partial charge in [0.05, 0.1) is 7.77 Å². The molecule has 0 saturated heterocycles. The van der Waals surface area contributed by atoms with E-state index in [9.17, 15) is 9.46 Å². The highest BCUT2D eigenvalue weighted by Crippen LogP contribution is 2.42. The van der Waals surface area contributed by atoms with Crippen molar-refractivity contribution in [2.45, 2.75) is 13.8 Å². The second-order valence-electron chi connectivity index (χ2n) is 2.09. The summed E-state index contributed by atoms with van der Waals surface area (Å²) >= 11 is 0. The Labute approximate surface area is 72.0 Å². The van der Waals surface area contributed by atoms with Gasteiger partial charge in [-0.1, -0.05) is 0 Å². The Balaban J connectivity index is 4.37. The minimum atomic E-state index is -4.30. The molecule has 0 aromatic rings. The first-order chi connectivity index (χ1) is 5.39. The molecule has 0 aliphatic rings. The number of rotatable bonds is 4. The van der Waals surface area contributed by atoms with E-state index in [4.69, 9.17) is 14.5 Å². The Morgan fingerprint density at radius 3 is 2.50 bits per heavy atom. The Kier molecular flexibility index (Phi) is 5.18. The fraction of sp³-hybridized carbons (Fsp3) is 0.800. The lowest BCUT2D eigenvalue weighted by Gasteiger charge is -2.04. The lowest BCUT2D eigenvalue weighted by atomic mass is 10.9. The van der Waals surface area contributed by atoms with Crippen LogP contribution in [-0.2, 0) is 9.30 Å². The summed E-state index contributed by atoms with van der Waals surface area (Å²) in [7, 11) is -6.35. The van der Waals surface area contributed by atoms with Gasteiger partial charge >= 0.3 is 7.60 Å². The normalized spacial score (nSPS) is 14.4. The largest absolute Gasteiger partial charge is 0.628 e. The fourth-order valence-corrected chi connectivity index (χ4v) is 2.28. The zero-order valence-corrected chi connectivity index (χ0v) is 8.72. The zero-order chi connectivity index (χ0) is 9.78. The summed E-state index contributed by atoms with van der Waals surface area (Å²) in [5.74, 6) is 0. The van der Waals surface area contributed by atoms with Gasteiger partial charge in [-0.15, -0.1) is 0 Å². The SMILES string of the molecule is CCOC[P+]([O-])=C(C)P(=O)(O)O. The molecule has 0 aliphatic carbocycles. The molecule has 0 aromatic heterocycles. The van der Waals surface area contributed by atoms with Crippen molar-refractivity contribution in [3.8, 4) is 0 Å². The maximum Gasteiger partial charge on any atom is 0.393 e. The second-order valence-corrected chi connectivity index (χ2v) is 5.89. The number of hydrogen-bond donors (Lipinski definition) is 2. The molecule has 0 spiro atoms. The Bertz CT molecular complexity index is 218. The molecule has 0 radical (unpaired) electrons. The summed E-state index contributed by atoms with van der Waals surface area (Å²) in [6.07, 6.45) is -0.122. The third-order valence-electron chi connectivity index (χ3n) is 1.20. The highest BCUT2D eigenvalue weighted by molar-refractivity contribution is 7.84. The van der Waals surface area contributed by atoms with Crippen molar-refractivity contribution in [2.24, 2.45) is 0 Å². The van der Waals surface area contributed by atoms with Crippen LogP contribution >= 0.6 is 15.4 Å². The van der Waals surface area contributed by atoms with Crippen molar-refractivity contribution >= 4 is 20.4 Å². The maximum absolute atomic E-state index is 11.0. The lowest BCUT2D eigenvalue weighted by molar-refractivity contribution is -0.156. The van der Waals surface area contributed by atoms with Gasteiger partial charge in [0.1, 0.15) is 0 Å². The van der Waals surface area contributed by atoms with Gasteiger partial charge in [0.15, 0.2) is 0 Å². The molecule has 1 atom stereocenters. The summed E-state index contributed by atoms with van der Waals surface area (Å²) in [6, 6.07) is 0. The Hall–Kier alpha value is 0.240. The molecule has 0 amide bonds. The van der Waals surface area contributed by atoms with Gasteiger partial charge in [-0.05, 0) is 6.92 Å². The Morgan fingerprint density at radius 1 is 1.67 bits per heavy atom. The molecule has 0 aromatic carbocycles. The number of ether oxygens (including phenoxy) is 1. The van der Waals surface area contributed by atoms with Gasteiger partial charge < -0.3 is 19.4 Å². The van der Waals surface area contributed by atoms with Crippen molar-refractivity contribution in [3.05, 3.63) is 0 Å². The molecule has 0 aliphatic heterocycles. The summed E-state index contributed by atoms with van der Waals surface area (Å²) in [5.41, 5.74) is 0. The molecule has 72 valence electrons. The van der Waals surface area contributed by atoms with Gasteiger partial charge in [0.2, 0.25) is 11.4 Å². The molecule has 0 saturated carbocycles. The number of hydrogen-bond acceptors (Lipinski definition) is 3. The van der Waals surface area contributed by atoms with Crippen molar-refractivity contribution in [3.63, 3.8) is 0 Å². The van der Waals surface area contributed by atoms with E-state index in [1.54, 1.807) is 6.92 Å². The van der Waals surface area contributed by atoms with E-state index in [0.717, 1.165) is 0 Å². The van der Waals surface area contributed by atoms with E-state index in [1.165, 1.54) is 6.92 Å². The van der Waals surface area contributed by atoms with Gasteiger partial charge in [-0.2, -0.15) is 0 Å². The third kappa shape index (κ3) is 4.31. The average molecular weight is 214 g/mol. The minimum Gasteiger partial charge on any atom is -0.628 e. The monoisotopic (exact) mass is 214 g/mol. The summed E-state index contributed by atoms with van der Waals surface area (Å²) in [4.78, 5) is 28.2. The predicted octanol–water partition coefficient (Wildman–Crippen LogP) is 0.0651. The topological polar surface area (TPSA) is 89.8 Å². The van der Waals surface area contributed by atoms with Crippen LogP contribution in [0.15, 0.2) is 0 Å². The fourth-order valence-electron chi connectivity index (χ4n) is 0.413. The van der Waals surface area contributed by atoms with E-state index in [2.05, 4.69) is 0 Å².